The monoisotopic (exact) mass is 311 g/mol. The standard InChI is InChI=1S/C14H16F3N5/c15-14(16,17)12-5-1-3-10(7-12)13(22-20-9-19-21-22)11-4-2-6-18-8-11/h1,3,5,7,9,11,13,18H,2,4,6,8H2/t11-,13?/m0/s1. The lowest BCUT2D eigenvalue weighted by Crippen LogP contribution is -2.36. The largest absolute Gasteiger partial charge is 0.416 e. The molecule has 8 heteroatoms. The fourth-order valence-electron chi connectivity index (χ4n) is 2.94. The summed E-state index contributed by atoms with van der Waals surface area (Å²) in [6.45, 7) is 1.65. The minimum Gasteiger partial charge on any atom is -0.316 e. The van der Waals surface area contributed by atoms with Gasteiger partial charge in [0.25, 0.3) is 0 Å². The summed E-state index contributed by atoms with van der Waals surface area (Å²) in [5, 5.41) is 14.9. The van der Waals surface area contributed by atoms with Crippen LogP contribution in [-0.2, 0) is 6.18 Å². The number of rotatable bonds is 3. The average Bonchev–Trinajstić information content (AvgIpc) is 3.02. The smallest absolute Gasteiger partial charge is 0.316 e. The van der Waals surface area contributed by atoms with Crippen LogP contribution in [0.4, 0.5) is 13.2 Å². The molecule has 1 N–H and O–H groups in total. The number of halogens is 3. The molecule has 5 nitrogen and oxygen atoms in total. The first-order chi connectivity index (χ1) is 10.6. The van der Waals surface area contributed by atoms with E-state index in [1.807, 2.05) is 0 Å². The highest BCUT2D eigenvalue weighted by atomic mass is 19.4. The van der Waals surface area contributed by atoms with Gasteiger partial charge in [0.05, 0.1) is 5.56 Å². The number of piperidine rings is 1. The number of tetrazole rings is 1. The van der Waals surface area contributed by atoms with Crippen molar-refractivity contribution in [1.29, 1.82) is 0 Å². The molecule has 1 unspecified atom stereocenters. The molecule has 22 heavy (non-hydrogen) atoms. The van der Waals surface area contributed by atoms with Gasteiger partial charge in [-0.05, 0) is 48.2 Å². The van der Waals surface area contributed by atoms with Crippen molar-refractivity contribution in [3.63, 3.8) is 0 Å². The third-order valence-electron chi connectivity index (χ3n) is 3.95. The van der Waals surface area contributed by atoms with Crippen LogP contribution in [0.5, 0.6) is 0 Å². The van der Waals surface area contributed by atoms with E-state index in [2.05, 4.69) is 20.7 Å². The van der Waals surface area contributed by atoms with E-state index in [4.69, 9.17) is 0 Å². The van der Waals surface area contributed by atoms with Crippen LogP contribution in [0, 0.1) is 5.92 Å². The Labute approximate surface area is 125 Å². The van der Waals surface area contributed by atoms with Crippen LogP contribution < -0.4 is 5.32 Å². The quantitative estimate of drug-likeness (QED) is 0.945. The molecule has 2 aromatic rings. The molecular weight excluding hydrogens is 295 g/mol. The minimum atomic E-state index is -4.36. The Morgan fingerprint density at radius 2 is 2.18 bits per heavy atom. The van der Waals surface area contributed by atoms with Crippen molar-refractivity contribution in [1.82, 2.24) is 25.5 Å². The zero-order valence-corrected chi connectivity index (χ0v) is 11.8. The molecule has 0 aliphatic carbocycles. The Morgan fingerprint density at radius 3 is 2.82 bits per heavy atom. The van der Waals surface area contributed by atoms with E-state index in [0.29, 0.717) is 5.56 Å². The predicted octanol–water partition coefficient (Wildman–Crippen LogP) is 2.28. The molecule has 3 rings (SSSR count). The van der Waals surface area contributed by atoms with Crippen molar-refractivity contribution >= 4 is 0 Å². The van der Waals surface area contributed by atoms with Crippen molar-refractivity contribution in [2.75, 3.05) is 13.1 Å². The van der Waals surface area contributed by atoms with E-state index in [9.17, 15) is 13.2 Å². The van der Waals surface area contributed by atoms with Crippen molar-refractivity contribution in [2.24, 2.45) is 5.92 Å². The van der Waals surface area contributed by atoms with Gasteiger partial charge in [-0.3, -0.25) is 0 Å². The summed E-state index contributed by atoms with van der Waals surface area (Å²) in [6.07, 6.45) is -1.16. The van der Waals surface area contributed by atoms with Gasteiger partial charge >= 0.3 is 6.18 Å². The summed E-state index contributed by atoms with van der Waals surface area (Å²) in [5.41, 5.74) is -0.0968. The summed E-state index contributed by atoms with van der Waals surface area (Å²) in [7, 11) is 0. The fourth-order valence-corrected chi connectivity index (χ4v) is 2.94. The van der Waals surface area contributed by atoms with Crippen LogP contribution in [-0.4, -0.2) is 33.3 Å². The van der Waals surface area contributed by atoms with E-state index in [0.717, 1.165) is 32.0 Å². The van der Waals surface area contributed by atoms with Gasteiger partial charge in [-0.25, -0.2) is 0 Å². The molecule has 118 valence electrons. The molecule has 0 radical (unpaired) electrons. The molecule has 0 bridgehead atoms. The number of nitrogens with one attached hydrogen (secondary N) is 1. The first kappa shape index (κ1) is 15.0. The summed E-state index contributed by atoms with van der Waals surface area (Å²) in [5.74, 6) is 0.131. The van der Waals surface area contributed by atoms with Gasteiger partial charge in [0.2, 0.25) is 0 Å². The molecule has 2 heterocycles. The van der Waals surface area contributed by atoms with Crippen LogP contribution in [0.25, 0.3) is 0 Å². The summed E-state index contributed by atoms with van der Waals surface area (Å²) in [4.78, 5) is 1.41. The highest BCUT2D eigenvalue weighted by molar-refractivity contribution is 5.28. The molecular formula is C14H16F3N5. The molecule has 1 fully saturated rings. The van der Waals surface area contributed by atoms with E-state index in [1.165, 1.54) is 23.3 Å². The van der Waals surface area contributed by atoms with Gasteiger partial charge in [0.15, 0.2) is 6.33 Å². The lowest BCUT2D eigenvalue weighted by atomic mass is 9.87. The molecule has 0 spiro atoms. The van der Waals surface area contributed by atoms with Crippen molar-refractivity contribution in [3.05, 3.63) is 41.7 Å². The Hall–Kier alpha value is -1.96. The van der Waals surface area contributed by atoms with Crippen LogP contribution in [0.3, 0.4) is 0 Å². The second-order valence-corrected chi connectivity index (χ2v) is 5.43. The van der Waals surface area contributed by atoms with Gasteiger partial charge in [-0.15, -0.1) is 10.2 Å². The van der Waals surface area contributed by atoms with Gasteiger partial charge in [-0.1, -0.05) is 12.1 Å². The van der Waals surface area contributed by atoms with Crippen molar-refractivity contribution in [3.8, 4) is 0 Å². The highest BCUT2D eigenvalue weighted by Gasteiger charge is 2.33. The van der Waals surface area contributed by atoms with Crippen LogP contribution in [0.15, 0.2) is 30.6 Å². The van der Waals surface area contributed by atoms with E-state index in [1.54, 1.807) is 6.07 Å². The predicted molar refractivity (Wildman–Crippen MR) is 73.0 cm³/mol. The molecule has 0 amide bonds. The zero-order chi connectivity index (χ0) is 15.6. The highest BCUT2D eigenvalue weighted by Crippen LogP contribution is 2.34. The SMILES string of the molecule is FC(F)(F)c1cccc(C([C@H]2CCCNC2)n2ncnn2)c1. The Bertz CT molecular complexity index is 605. The van der Waals surface area contributed by atoms with Crippen molar-refractivity contribution < 1.29 is 13.2 Å². The van der Waals surface area contributed by atoms with E-state index in [-0.39, 0.29) is 12.0 Å². The Balaban J connectivity index is 1.99. The first-order valence-electron chi connectivity index (χ1n) is 7.16. The molecule has 2 atom stereocenters. The normalized spacial score (nSPS) is 20.8. The molecule has 1 aliphatic heterocycles. The van der Waals surface area contributed by atoms with Crippen molar-refractivity contribution in [2.45, 2.75) is 25.1 Å². The third-order valence-corrected chi connectivity index (χ3v) is 3.95. The first-order valence-corrected chi connectivity index (χ1v) is 7.16. The fraction of sp³-hybridized carbons (Fsp3) is 0.500. The van der Waals surface area contributed by atoms with E-state index >= 15 is 0 Å². The molecule has 1 aliphatic rings. The maximum atomic E-state index is 13.0. The van der Waals surface area contributed by atoms with Crippen LogP contribution >= 0.6 is 0 Å². The third kappa shape index (κ3) is 3.11. The van der Waals surface area contributed by atoms with Crippen LogP contribution in [0.1, 0.15) is 30.0 Å². The Morgan fingerprint density at radius 1 is 1.32 bits per heavy atom. The molecule has 0 saturated carbocycles. The molecule has 1 saturated heterocycles. The number of aromatic nitrogens is 4. The Kier molecular flexibility index (Phi) is 4.10. The second kappa shape index (κ2) is 6.04. The molecule has 1 aromatic carbocycles. The summed E-state index contributed by atoms with van der Waals surface area (Å²) >= 11 is 0. The lowest BCUT2D eigenvalue weighted by Gasteiger charge is -2.30. The number of nitrogens with zero attached hydrogens (tertiary/aromatic N) is 4. The number of hydrogen-bond acceptors (Lipinski definition) is 4. The number of benzene rings is 1. The second-order valence-electron chi connectivity index (χ2n) is 5.43. The number of hydrogen-bond donors (Lipinski definition) is 1. The maximum absolute atomic E-state index is 13.0. The van der Waals surface area contributed by atoms with Gasteiger partial charge in [-0.2, -0.15) is 18.0 Å². The van der Waals surface area contributed by atoms with Gasteiger partial charge < -0.3 is 5.32 Å². The van der Waals surface area contributed by atoms with Gasteiger partial charge in [0, 0.05) is 6.54 Å². The lowest BCUT2D eigenvalue weighted by molar-refractivity contribution is -0.137. The summed E-state index contributed by atoms with van der Waals surface area (Å²) < 4.78 is 38.9. The van der Waals surface area contributed by atoms with Crippen LogP contribution in [0.2, 0.25) is 0 Å². The molecule has 1 aromatic heterocycles. The summed E-state index contributed by atoms with van der Waals surface area (Å²) in [6, 6.07) is 5.03. The minimum absolute atomic E-state index is 0.131. The average molecular weight is 311 g/mol. The maximum Gasteiger partial charge on any atom is 0.416 e. The van der Waals surface area contributed by atoms with Gasteiger partial charge in [0.1, 0.15) is 6.04 Å². The zero-order valence-electron chi connectivity index (χ0n) is 11.8. The topological polar surface area (TPSA) is 55.6 Å². The number of alkyl halides is 3. The van der Waals surface area contributed by atoms with E-state index < -0.39 is 11.7 Å².